The Morgan fingerprint density at radius 3 is 2.45 bits per heavy atom. The second-order valence-corrected chi connectivity index (χ2v) is 5.17. The number of carbonyl (C=O) groups is 1. The van der Waals surface area contributed by atoms with Crippen LogP contribution in [0.1, 0.15) is 5.69 Å². The molecule has 0 atom stereocenters. The molecule has 104 valence electrons. The van der Waals surface area contributed by atoms with E-state index in [1.807, 2.05) is 0 Å². The second kappa shape index (κ2) is 5.87. The van der Waals surface area contributed by atoms with Crippen molar-refractivity contribution in [3.05, 3.63) is 45.2 Å². The number of halogens is 3. The maximum atomic E-state index is 10.6. The number of aromatic nitrogens is 1. The number of aliphatic carboxylic acids is 1. The normalized spacial score (nSPS) is 10.6. The van der Waals surface area contributed by atoms with E-state index in [-0.39, 0.29) is 22.9 Å². The fraction of sp³-hybridized carbons (Fsp3) is 0.0769. The van der Waals surface area contributed by atoms with E-state index in [1.54, 1.807) is 12.1 Å². The van der Waals surface area contributed by atoms with Gasteiger partial charge in [-0.1, -0.05) is 34.8 Å². The number of pyridine rings is 1. The molecule has 0 unspecified atom stereocenters. The number of hydrogen-bond acceptors (Lipinski definition) is 3. The van der Waals surface area contributed by atoms with Crippen LogP contribution < -0.4 is 0 Å². The third-order valence-corrected chi connectivity index (χ3v) is 3.72. The summed E-state index contributed by atoms with van der Waals surface area (Å²) in [6.07, 6.45) is 1.02. The second-order valence-electron chi connectivity index (χ2n) is 3.98. The SMILES string of the molecule is O=C(O)Cc1ncc(-c2c(Cl)ccc(Cl)c2Cl)cc1O. The van der Waals surface area contributed by atoms with Crippen LogP contribution >= 0.6 is 34.8 Å². The topological polar surface area (TPSA) is 70.4 Å². The first-order chi connectivity index (χ1) is 9.40. The van der Waals surface area contributed by atoms with Gasteiger partial charge in [0, 0.05) is 17.3 Å². The van der Waals surface area contributed by atoms with Gasteiger partial charge in [0.1, 0.15) is 5.75 Å². The van der Waals surface area contributed by atoms with E-state index >= 15 is 0 Å². The van der Waals surface area contributed by atoms with Crippen molar-refractivity contribution < 1.29 is 15.0 Å². The average molecular weight is 333 g/mol. The molecule has 7 heteroatoms. The summed E-state index contributed by atoms with van der Waals surface area (Å²) in [7, 11) is 0. The van der Waals surface area contributed by atoms with E-state index < -0.39 is 5.97 Å². The lowest BCUT2D eigenvalue weighted by Gasteiger charge is -2.10. The van der Waals surface area contributed by atoms with Crippen LogP contribution in [-0.4, -0.2) is 21.2 Å². The molecule has 0 bridgehead atoms. The lowest BCUT2D eigenvalue weighted by molar-refractivity contribution is -0.136. The highest BCUT2D eigenvalue weighted by Gasteiger charge is 2.15. The Labute approximate surface area is 129 Å². The van der Waals surface area contributed by atoms with Crippen molar-refractivity contribution in [3.63, 3.8) is 0 Å². The van der Waals surface area contributed by atoms with E-state index in [9.17, 15) is 9.90 Å². The minimum Gasteiger partial charge on any atom is -0.506 e. The van der Waals surface area contributed by atoms with Gasteiger partial charge in [-0.2, -0.15) is 0 Å². The molecule has 0 radical (unpaired) electrons. The van der Waals surface area contributed by atoms with Gasteiger partial charge in [0.05, 0.1) is 27.2 Å². The van der Waals surface area contributed by atoms with Crippen LogP contribution in [0.2, 0.25) is 15.1 Å². The van der Waals surface area contributed by atoms with Gasteiger partial charge in [0.2, 0.25) is 0 Å². The molecule has 2 aromatic rings. The minimum absolute atomic E-state index is 0.0653. The standard InChI is InChI=1S/C13H8Cl3NO3/c14-7-1-2-8(15)13(16)12(7)6-3-10(18)9(17-5-6)4-11(19)20/h1-3,5,18H,4H2,(H,19,20). The fourth-order valence-corrected chi connectivity index (χ4v) is 2.44. The number of carboxylic acid groups (broad SMARTS) is 1. The number of hydrogen-bond donors (Lipinski definition) is 2. The van der Waals surface area contributed by atoms with Crippen molar-refractivity contribution in [2.75, 3.05) is 0 Å². The maximum Gasteiger partial charge on any atom is 0.309 e. The highest BCUT2D eigenvalue weighted by Crippen LogP contribution is 2.39. The van der Waals surface area contributed by atoms with Crippen molar-refractivity contribution in [1.82, 2.24) is 4.98 Å². The molecule has 0 aliphatic carbocycles. The maximum absolute atomic E-state index is 10.6. The predicted octanol–water partition coefficient (Wildman–Crippen LogP) is 4.04. The summed E-state index contributed by atoms with van der Waals surface area (Å²) in [5.74, 6) is -1.32. The van der Waals surface area contributed by atoms with Crippen LogP contribution in [0, 0.1) is 0 Å². The summed E-state index contributed by atoms with van der Waals surface area (Å²) in [5, 5.41) is 19.4. The Morgan fingerprint density at radius 1 is 1.20 bits per heavy atom. The molecule has 0 fully saturated rings. The number of benzene rings is 1. The fourth-order valence-electron chi connectivity index (χ4n) is 1.69. The molecule has 0 aliphatic rings. The van der Waals surface area contributed by atoms with Crippen LogP contribution in [0.25, 0.3) is 11.1 Å². The molecule has 2 N–H and O–H groups in total. The first-order valence-electron chi connectivity index (χ1n) is 5.43. The van der Waals surface area contributed by atoms with Crippen molar-refractivity contribution >= 4 is 40.8 Å². The van der Waals surface area contributed by atoms with Crippen molar-refractivity contribution in [1.29, 1.82) is 0 Å². The van der Waals surface area contributed by atoms with E-state index in [0.717, 1.165) is 0 Å². The average Bonchev–Trinajstić information content (AvgIpc) is 2.37. The summed E-state index contributed by atoms with van der Waals surface area (Å²) in [5.41, 5.74) is 0.954. The van der Waals surface area contributed by atoms with Crippen LogP contribution in [0.5, 0.6) is 5.75 Å². The van der Waals surface area contributed by atoms with Crippen LogP contribution in [0.3, 0.4) is 0 Å². The molecular weight excluding hydrogens is 325 g/mol. The van der Waals surface area contributed by atoms with E-state index in [1.165, 1.54) is 12.3 Å². The zero-order chi connectivity index (χ0) is 14.9. The van der Waals surface area contributed by atoms with Gasteiger partial charge < -0.3 is 10.2 Å². The molecule has 4 nitrogen and oxygen atoms in total. The van der Waals surface area contributed by atoms with Crippen LogP contribution in [0.4, 0.5) is 0 Å². The van der Waals surface area contributed by atoms with Gasteiger partial charge in [-0.3, -0.25) is 9.78 Å². The highest BCUT2D eigenvalue weighted by atomic mass is 35.5. The summed E-state index contributed by atoms with van der Waals surface area (Å²) in [6, 6.07) is 4.49. The number of aromatic hydroxyl groups is 1. The summed E-state index contributed by atoms with van der Waals surface area (Å²) in [6.45, 7) is 0. The van der Waals surface area contributed by atoms with Gasteiger partial charge in [-0.25, -0.2) is 0 Å². The Bertz CT molecular complexity index is 689. The zero-order valence-electron chi connectivity index (χ0n) is 9.90. The third-order valence-electron chi connectivity index (χ3n) is 2.60. The van der Waals surface area contributed by atoms with Gasteiger partial charge in [0.25, 0.3) is 0 Å². The Hall–Kier alpha value is -1.49. The van der Waals surface area contributed by atoms with Crippen molar-refractivity contribution in [3.8, 4) is 16.9 Å². The number of carboxylic acids is 1. The van der Waals surface area contributed by atoms with Gasteiger partial charge in [0.15, 0.2) is 0 Å². The van der Waals surface area contributed by atoms with E-state index in [4.69, 9.17) is 39.9 Å². The Morgan fingerprint density at radius 2 is 1.85 bits per heavy atom. The van der Waals surface area contributed by atoms with Crippen LogP contribution in [0.15, 0.2) is 24.4 Å². The quantitative estimate of drug-likeness (QED) is 0.832. The Kier molecular flexibility index (Phi) is 4.38. The molecule has 0 amide bonds. The zero-order valence-corrected chi connectivity index (χ0v) is 12.2. The molecule has 0 saturated heterocycles. The number of rotatable bonds is 3. The van der Waals surface area contributed by atoms with Crippen molar-refractivity contribution in [2.45, 2.75) is 6.42 Å². The Balaban J connectivity index is 2.52. The lowest BCUT2D eigenvalue weighted by Crippen LogP contribution is -2.02. The summed E-state index contributed by atoms with van der Waals surface area (Å²) < 4.78 is 0. The first kappa shape index (κ1) is 14.9. The molecule has 1 aromatic carbocycles. The smallest absolute Gasteiger partial charge is 0.309 e. The van der Waals surface area contributed by atoms with Gasteiger partial charge in [-0.05, 0) is 18.2 Å². The van der Waals surface area contributed by atoms with Crippen molar-refractivity contribution in [2.24, 2.45) is 0 Å². The first-order valence-corrected chi connectivity index (χ1v) is 6.57. The molecule has 1 heterocycles. The molecule has 1 aromatic heterocycles. The lowest BCUT2D eigenvalue weighted by atomic mass is 10.1. The number of nitrogens with zero attached hydrogens (tertiary/aromatic N) is 1. The van der Waals surface area contributed by atoms with Crippen LogP contribution in [-0.2, 0) is 11.2 Å². The highest BCUT2D eigenvalue weighted by molar-refractivity contribution is 6.46. The molecule has 20 heavy (non-hydrogen) atoms. The molecule has 0 spiro atoms. The minimum atomic E-state index is -1.08. The van der Waals surface area contributed by atoms with Gasteiger partial charge >= 0.3 is 5.97 Å². The molecule has 2 rings (SSSR count). The molecular formula is C13H8Cl3NO3. The van der Waals surface area contributed by atoms with E-state index in [2.05, 4.69) is 4.98 Å². The molecule has 0 aliphatic heterocycles. The largest absolute Gasteiger partial charge is 0.506 e. The summed E-state index contributed by atoms with van der Waals surface area (Å²) in [4.78, 5) is 14.5. The summed E-state index contributed by atoms with van der Waals surface area (Å²) >= 11 is 18.1. The molecule has 0 saturated carbocycles. The monoisotopic (exact) mass is 331 g/mol. The van der Waals surface area contributed by atoms with E-state index in [0.29, 0.717) is 21.2 Å². The van der Waals surface area contributed by atoms with Gasteiger partial charge in [-0.15, -0.1) is 0 Å². The predicted molar refractivity (Wildman–Crippen MR) is 77.7 cm³/mol. The third kappa shape index (κ3) is 2.98.